The fraction of sp³-hybridized carbons (Fsp3) is 0.130. The quantitative estimate of drug-likeness (QED) is 0.407. The summed E-state index contributed by atoms with van der Waals surface area (Å²) in [5.74, 6) is 0.670. The maximum atomic E-state index is 12.5. The van der Waals surface area contributed by atoms with Crippen molar-refractivity contribution >= 4 is 27.9 Å². The first-order valence-corrected chi connectivity index (χ1v) is 9.61. The molecule has 0 aliphatic carbocycles. The lowest BCUT2D eigenvalue weighted by Gasteiger charge is -2.13. The van der Waals surface area contributed by atoms with Crippen molar-refractivity contribution in [3.05, 3.63) is 87.6 Å². The van der Waals surface area contributed by atoms with Crippen molar-refractivity contribution < 1.29 is 9.21 Å². The van der Waals surface area contributed by atoms with Crippen molar-refractivity contribution in [3.8, 4) is 17.4 Å². The third-order valence-corrected chi connectivity index (χ3v) is 4.97. The number of aryl methyl sites for hydroxylation is 1. The zero-order chi connectivity index (χ0) is 20.1. The molecule has 0 bridgehead atoms. The Balaban J connectivity index is 1.78. The van der Waals surface area contributed by atoms with Crippen molar-refractivity contribution in [2.45, 2.75) is 19.9 Å². The summed E-state index contributed by atoms with van der Waals surface area (Å²) in [6.07, 6.45) is 1.46. The zero-order valence-corrected chi connectivity index (χ0v) is 17.2. The molecule has 28 heavy (non-hydrogen) atoms. The molecule has 0 fully saturated rings. The van der Waals surface area contributed by atoms with Crippen molar-refractivity contribution in [2.75, 3.05) is 0 Å². The molecule has 1 N–H and O–H groups in total. The number of benzene rings is 2. The molecular weight excluding hydrogens is 416 g/mol. The third-order valence-electron chi connectivity index (χ3n) is 4.32. The molecule has 0 aliphatic heterocycles. The van der Waals surface area contributed by atoms with Gasteiger partial charge in [0.15, 0.2) is 0 Å². The number of nitrogens with one attached hydrogen (secondary N) is 1. The Morgan fingerprint density at radius 3 is 2.61 bits per heavy atom. The van der Waals surface area contributed by atoms with Crippen LogP contribution in [-0.2, 0) is 4.79 Å². The number of nitrogens with zero attached hydrogens (tertiary/aromatic N) is 1. The number of hydrogen-bond donors (Lipinski definition) is 1. The summed E-state index contributed by atoms with van der Waals surface area (Å²) < 4.78 is 6.75. The number of nitriles is 1. The standard InChI is InChI=1S/C23H19BrN2O2/c1-15-8-10-20(21(24)12-15)22-11-9-19(28-22)13-18(14-25)23(27)26-16(2)17-6-4-3-5-7-17/h3-13,16H,1-2H3,(H,26,27)/b18-13+/t16-/m0/s1. The van der Waals surface area contributed by atoms with Crippen LogP contribution in [0.2, 0.25) is 0 Å². The minimum absolute atomic E-state index is 0.00773. The first-order valence-electron chi connectivity index (χ1n) is 8.82. The van der Waals surface area contributed by atoms with Gasteiger partial charge in [-0.1, -0.05) is 52.3 Å². The highest BCUT2D eigenvalue weighted by atomic mass is 79.9. The number of furan rings is 1. The fourth-order valence-electron chi connectivity index (χ4n) is 2.79. The topological polar surface area (TPSA) is 66.0 Å². The summed E-state index contributed by atoms with van der Waals surface area (Å²) in [4.78, 5) is 12.5. The number of carbonyl (C=O) groups is 1. The summed E-state index contributed by atoms with van der Waals surface area (Å²) in [6, 6.07) is 20.9. The van der Waals surface area contributed by atoms with Gasteiger partial charge < -0.3 is 9.73 Å². The number of amides is 1. The number of hydrogen-bond acceptors (Lipinski definition) is 3. The molecule has 1 aromatic heterocycles. The first-order chi connectivity index (χ1) is 13.5. The van der Waals surface area contributed by atoms with Gasteiger partial charge in [-0.25, -0.2) is 0 Å². The van der Waals surface area contributed by atoms with Gasteiger partial charge in [-0.05, 0) is 49.2 Å². The summed E-state index contributed by atoms with van der Waals surface area (Å²) >= 11 is 3.54. The highest BCUT2D eigenvalue weighted by Gasteiger charge is 2.15. The Bertz CT molecular complexity index is 1060. The summed E-state index contributed by atoms with van der Waals surface area (Å²) in [7, 11) is 0. The second kappa shape index (κ2) is 8.73. The van der Waals surface area contributed by atoms with Gasteiger partial charge >= 0.3 is 0 Å². The van der Waals surface area contributed by atoms with E-state index in [0.717, 1.165) is 21.2 Å². The highest BCUT2D eigenvalue weighted by molar-refractivity contribution is 9.10. The van der Waals surface area contributed by atoms with Crippen LogP contribution in [0, 0.1) is 18.3 Å². The van der Waals surface area contributed by atoms with E-state index in [2.05, 4.69) is 21.2 Å². The van der Waals surface area contributed by atoms with Gasteiger partial charge in [0.25, 0.3) is 5.91 Å². The Hall–Kier alpha value is -3.10. The lowest BCUT2D eigenvalue weighted by molar-refractivity contribution is -0.117. The maximum Gasteiger partial charge on any atom is 0.262 e. The summed E-state index contributed by atoms with van der Waals surface area (Å²) in [5.41, 5.74) is 3.01. The molecule has 0 spiro atoms. The van der Waals surface area contributed by atoms with Crippen LogP contribution in [0.3, 0.4) is 0 Å². The van der Waals surface area contributed by atoms with E-state index in [1.54, 1.807) is 6.07 Å². The van der Waals surface area contributed by atoms with Crippen molar-refractivity contribution in [1.82, 2.24) is 5.32 Å². The zero-order valence-electron chi connectivity index (χ0n) is 15.6. The van der Waals surface area contributed by atoms with Gasteiger partial charge in [-0.3, -0.25) is 4.79 Å². The molecule has 0 saturated heterocycles. The minimum Gasteiger partial charge on any atom is -0.457 e. The van der Waals surface area contributed by atoms with Crippen LogP contribution in [0.1, 0.15) is 29.9 Å². The van der Waals surface area contributed by atoms with Crippen LogP contribution in [0.15, 0.2) is 75.1 Å². The lowest BCUT2D eigenvalue weighted by Crippen LogP contribution is -2.27. The van der Waals surface area contributed by atoms with Gasteiger partial charge in [0, 0.05) is 16.1 Å². The molecule has 3 aromatic rings. The first kappa shape index (κ1) is 19.7. The van der Waals surface area contributed by atoms with E-state index in [-0.39, 0.29) is 11.6 Å². The number of rotatable bonds is 5. The van der Waals surface area contributed by atoms with E-state index in [1.165, 1.54) is 6.08 Å². The van der Waals surface area contributed by atoms with E-state index in [0.29, 0.717) is 11.5 Å². The van der Waals surface area contributed by atoms with Crippen LogP contribution in [0.4, 0.5) is 0 Å². The van der Waals surface area contributed by atoms with Crippen LogP contribution in [0.5, 0.6) is 0 Å². The number of carbonyl (C=O) groups excluding carboxylic acids is 1. The molecule has 5 heteroatoms. The Kier molecular flexibility index (Phi) is 6.13. The largest absolute Gasteiger partial charge is 0.457 e. The molecule has 1 amide bonds. The molecule has 4 nitrogen and oxygen atoms in total. The average Bonchev–Trinajstić information content (AvgIpc) is 3.15. The van der Waals surface area contributed by atoms with Gasteiger partial charge in [-0.2, -0.15) is 5.26 Å². The monoisotopic (exact) mass is 434 g/mol. The molecule has 0 saturated carbocycles. The summed E-state index contributed by atoms with van der Waals surface area (Å²) in [6.45, 7) is 3.89. The van der Waals surface area contributed by atoms with Crippen LogP contribution in [0.25, 0.3) is 17.4 Å². The Morgan fingerprint density at radius 2 is 1.93 bits per heavy atom. The highest BCUT2D eigenvalue weighted by Crippen LogP contribution is 2.31. The van der Waals surface area contributed by atoms with Crippen molar-refractivity contribution in [3.63, 3.8) is 0 Å². The van der Waals surface area contributed by atoms with Gasteiger partial charge in [0.05, 0.1) is 6.04 Å². The van der Waals surface area contributed by atoms with E-state index in [4.69, 9.17) is 4.42 Å². The predicted octanol–water partition coefficient (Wildman–Crippen LogP) is 5.80. The van der Waals surface area contributed by atoms with E-state index >= 15 is 0 Å². The fourth-order valence-corrected chi connectivity index (χ4v) is 3.47. The van der Waals surface area contributed by atoms with Crippen LogP contribution >= 0.6 is 15.9 Å². The molecule has 0 aliphatic rings. The molecular formula is C23H19BrN2O2. The van der Waals surface area contributed by atoms with Crippen LogP contribution < -0.4 is 5.32 Å². The predicted molar refractivity (Wildman–Crippen MR) is 113 cm³/mol. The molecule has 140 valence electrons. The lowest BCUT2D eigenvalue weighted by atomic mass is 10.1. The number of halogens is 1. The Labute approximate surface area is 172 Å². The second-order valence-corrected chi connectivity index (χ2v) is 7.32. The van der Waals surface area contributed by atoms with E-state index < -0.39 is 5.91 Å². The van der Waals surface area contributed by atoms with Gasteiger partial charge in [0.2, 0.25) is 0 Å². The molecule has 1 heterocycles. The maximum absolute atomic E-state index is 12.5. The van der Waals surface area contributed by atoms with E-state index in [1.807, 2.05) is 74.5 Å². The van der Waals surface area contributed by atoms with Crippen molar-refractivity contribution in [1.29, 1.82) is 5.26 Å². The SMILES string of the molecule is Cc1ccc(-c2ccc(/C=C(\C#N)C(=O)N[C@@H](C)c3ccccc3)o2)c(Br)c1. The molecule has 2 aromatic carbocycles. The second-order valence-electron chi connectivity index (χ2n) is 6.46. The Morgan fingerprint density at radius 1 is 1.18 bits per heavy atom. The van der Waals surface area contributed by atoms with Gasteiger partial charge in [0.1, 0.15) is 23.2 Å². The van der Waals surface area contributed by atoms with E-state index in [9.17, 15) is 10.1 Å². The average molecular weight is 435 g/mol. The molecule has 0 radical (unpaired) electrons. The third kappa shape index (κ3) is 4.59. The normalized spacial score (nSPS) is 12.3. The molecule has 0 unspecified atom stereocenters. The van der Waals surface area contributed by atoms with Gasteiger partial charge in [-0.15, -0.1) is 0 Å². The van der Waals surface area contributed by atoms with Crippen molar-refractivity contribution in [2.24, 2.45) is 0 Å². The van der Waals surface area contributed by atoms with Crippen LogP contribution in [-0.4, -0.2) is 5.91 Å². The smallest absolute Gasteiger partial charge is 0.262 e. The summed E-state index contributed by atoms with van der Waals surface area (Å²) in [5, 5.41) is 12.3. The molecule has 3 rings (SSSR count). The minimum atomic E-state index is -0.437. The molecule has 1 atom stereocenters.